The van der Waals surface area contributed by atoms with Crippen LogP contribution in [0.2, 0.25) is 0 Å². The van der Waals surface area contributed by atoms with Crippen LogP contribution < -0.4 is 4.90 Å². The van der Waals surface area contributed by atoms with E-state index in [-0.39, 0.29) is 0 Å². The van der Waals surface area contributed by atoms with Crippen molar-refractivity contribution in [1.29, 1.82) is 0 Å². The molecule has 0 radical (unpaired) electrons. The molecule has 12 aromatic rings. The van der Waals surface area contributed by atoms with E-state index >= 15 is 0 Å². The maximum absolute atomic E-state index is 6.94. The molecule has 0 aliphatic carbocycles. The van der Waals surface area contributed by atoms with Crippen molar-refractivity contribution in [2.24, 2.45) is 0 Å². The summed E-state index contributed by atoms with van der Waals surface area (Å²) >= 11 is 0. The van der Waals surface area contributed by atoms with Crippen LogP contribution in [0.5, 0.6) is 0 Å². The first kappa shape index (κ1) is 32.4. The first-order chi connectivity index (χ1) is 28.8. The van der Waals surface area contributed by atoms with Crippen LogP contribution in [0.4, 0.5) is 17.1 Å². The van der Waals surface area contributed by atoms with Gasteiger partial charge in [0.05, 0.1) is 33.2 Å². The Morgan fingerprint density at radius 1 is 0.362 bits per heavy atom. The minimum absolute atomic E-state index is 0.841. The fourth-order valence-electron chi connectivity index (χ4n) is 9.02. The Kier molecular flexibility index (Phi) is 7.20. The molecule has 0 N–H and O–H groups in total. The normalized spacial score (nSPS) is 11.8. The van der Waals surface area contributed by atoms with Crippen molar-refractivity contribution < 1.29 is 8.83 Å². The molecule has 0 aliphatic heterocycles. The van der Waals surface area contributed by atoms with Crippen molar-refractivity contribution >= 4 is 82.7 Å². The molecule has 58 heavy (non-hydrogen) atoms. The van der Waals surface area contributed by atoms with E-state index < -0.39 is 0 Å². The number of para-hydroxylation sites is 4. The van der Waals surface area contributed by atoms with Crippen molar-refractivity contribution in [3.05, 3.63) is 206 Å². The van der Waals surface area contributed by atoms with Gasteiger partial charge in [0.2, 0.25) is 0 Å². The van der Waals surface area contributed by atoms with E-state index in [0.717, 1.165) is 83.3 Å². The van der Waals surface area contributed by atoms with Crippen LogP contribution >= 0.6 is 0 Å². The molecule has 0 bridgehead atoms. The molecular formula is C54H34N2O2. The molecule has 272 valence electrons. The highest BCUT2D eigenvalue weighted by atomic mass is 16.3. The van der Waals surface area contributed by atoms with Gasteiger partial charge in [0.1, 0.15) is 22.3 Å². The van der Waals surface area contributed by atoms with Crippen molar-refractivity contribution in [1.82, 2.24) is 4.57 Å². The Morgan fingerprint density at radius 2 is 0.914 bits per heavy atom. The summed E-state index contributed by atoms with van der Waals surface area (Å²) in [4.78, 5) is 2.38. The first-order valence-electron chi connectivity index (χ1n) is 19.7. The van der Waals surface area contributed by atoms with Gasteiger partial charge in [-0.15, -0.1) is 0 Å². The molecule has 12 rings (SSSR count). The minimum Gasteiger partial charge on any atom is -0.456 e. The zero-order valence-electron chi connectivity index (χ0n) is 31.3. The van der Waals surface area contributed by atoms with Gasteiger partial charge in [0.25, 0.3) is 0 Å². The molecule has 0 saturated carbocycles. The average Bonchev–Trinajstić information content (AvgIpc) is 3.98. The zero-order valence-corrected chi connectivity index (χ0v) is 31.3. The lowest BCUT2D eigenvalue weighted by Gasteiger charge is -2.27. The Bertz CT molecular complexity index is 3460. The molecule has 0 saturated heterocycles. The van der Waals surface area contributed by atoms with Crippen molar-refractivity contribution in [2.45, 2.75) is 0 Å². The number of hydrogen-bond donors (Lipinski definition) is 0. The monoisotopic (exact) mass is 742 g/mol. The number of fused-ring (bicyclic) bond motifs is 9. The maximum Gasteiger partial charge on any atom is 0.145 e. The number of benzene rings is 9. The van der Waals surface area contributed by atoms with Gasteiger partial charge in [0.15, 0.2) is 0 Å². The van der Waals surface area contributed by atoms with Gasteiger partial charge in [0, 0.05) is 38.5 Å². The van der Waals surface area contributed by atoms with E-state index in [0.29, 0.717) is 0 Å². The van der Waals surface area contributed by atoms with E-state index in [1.807, 2.05) is 18.2 Å². The molecule has 0 spiro atoms. The lowest BCUT2D eigenvalue weighted by atomic mass is 9.98. The number of aromatic nitrogens is 1. The molecule has 0 atom stereocenters. The second-order valence-electron chi connectivity index (χ2n) is 14.9. The van der Waals surface area contributed by atoms with Crippen LogP contribution in [0.3, 0.4) is 0 Å². The second-order valence-corrected chi connectivity index (χ2v) is 14.9. The highest BCUT2D eigenvalue weighted by molar-refractivity contribution is 6.20. The highest BCUT2D eigenvalue weighted by Gasteiger charge is 2.25. The summed E-state index contributed by atoms with van der Waals surface area (Å²) in [7, 11) is 0. The largest absolute Gasteiger partial charge is 0.456 e. The summed E-state index contributed by atoms with van der Waals surface area (Å²) < 4.78 is 15.8. The van der Waals surface area contributed by atoms with Gasteiger partial charge in [-0.25, -0.2) is 0 Å². The summed E-state index contributed by atoms with van der Waals surface area (Å²) in [5.74, 6) is 0. The van der Waals surface area contributed by atoms with E-state index in [4.69, 9.17) is 8.83 Å². The van der Waals surface area contributed by atoms with Gasteiger partial charge in [-0.3, -0.25) is 0 Å². The van der Waals surface area contributed by atoms with Crippen molar-refractivity contribution in [3.63, 3.8) is 0 Å². The molecule has 4 nitrogen and oxygen atoms in total. The Hall–Kier alpha value is -7.82. The predicted octanol–water partition coefficient (Wildman–Crippen LogP) is 15.4. The van der Waals surface area contributed by atoms with Gasteiger partial charge in [-0.05, 0) is 89.5 Å². The van der Waals surface area contributed by atoms with Gasteiger partial charge in [-0.1, -0.05) is 133 Å². The lowest BCUT2D eigenvalue weighted by Crippen LogP contribution is -2.11. The lowest BCUT2D eigenvalue weighted by molar-refractivity contribution is 0.669. The van der Waals surface area contributed by atoms with Gasteiger partial charge >= 0.3 is 0 Å². The fraction of sp³-hybridized carbons (Fsp3) is 0. The summed E-state index contributed by atoms with van der Waals surface area (Å²) in [6, 6.07) is 73.1. The molecular weight excluding hydrogens is 709 g/mol. The zero-order chi connectivity index (χ0) is 38.2. The molecule has 0 aliphatic rings. The number of anilines is 3. The first-order valence-corrected chi connectivity index (χ1v) is 19.7. The SMILES string of the molecule is c1ccc(-c2ccc(N(c3cccc4oc5ccccc5c34)c3ccc(-c4cccc(-n5c6ccccc6c6ccccc65)c4)c4oc5ccccc5c34)cc2)cc1. The highest BCUT2D eigenvalue weighted by Crippen LogP contribution is 2.49. The smallest absolute Gasteiger partial charge is 0.145 e. The van der Waals surface area contributed by atoms with Gasteiger partial charge < -0.3 is 18.3 Å². The van der Waals surface area contributed by atoms with E-state index in [1.54, 1.807) is 0 Å². The molecule has 4 heteroatoms. The van der Waals surface area contributed by atoms with Crippen LogP contribution in [-0.2, 0) is 0 Å². The molecule has 9 aromatic carbocycles. The summed E-state index contributed by atoms with van der Waals surface area (Å²) in [5, 5.41) is 6.73. The van der Waals surface area contributed by atoms with E-state index in [2.05, 4.69) is 198 Å². The molecule has 0 amide bonds. The maximum atomic E-state index is 6.94. The Balaban J connectivity index is 1.11. The predicted molar refractivity (Wildman–Crippen MR) is 241 cm³/mol. The third kappa shape index (κ3) is 4.95. The van der Waals surface area contributed by atoms with Crippen LogP contribution in [0, 0.1) is 0 Å². The quantitative estimate of drug-likeness (QED) is 0.170. The Labute approximate surface area is 334 Å². The van der Waals surface area contributed by atoms with E-state index in [9.17, 15) is 0 Å². The summed E-state index contributed by atoms with van der Waals surface area (Å²) in [5.41, 5.74) is 14.4. The number of nitrogens with zero attached hydrogens (tertiary/aromatic N) is 2. The van der Waals surface area contributed by atoms with Gasteiger partial charge in [-0.2, -0.15) is 0 Å². The Morgan fingerprint density at radius 3 is 1.66 bits per heavy atom. The minimum atomic E-state index is 0.841. The van der Waals surface area contributed by atoms with Crippen molar-refractivity contribution in [2.75, 3.05) is 4.90 Å². The number of furan rings is 2. The van der Waals surface area contributed by atoms with Crippen LogP contribution in [0.15, 0.2) is 215 Å². The van der Waals surface area contributed by atoms with Crippen LogP contribution in [-0.4, -0.2) is 4.57 Å². The topological polar surface area (TPSA) is 34.5 Å². The number of hydrogen-bond acceptors (Lipinski definition) is 3. The summed E-state index contributed by atoms with van der Waals surface area (Å²) in [6.45, 7) is 0. The standard InChI is InChI=1S/C54H34N2O2/c1-2-14-35(15-3-1)36-28-30-38(31-29-36)55(47-24-13-27-51-52(47)43-20-6-10-25-49(43)57-51)48-33-32-40(54-53(48)44-21-7-11-26-50(44)58-54)37-16-12-17-39(34-37)56-45-22-8-4-18-41(45)42-19-5-9-23-46(42)56/h1-34H. The fourth-order valence-corrected chi connectivity index (χ4v) is 9.02. The molecule has 0 unspecified atom stereocenters. The average molecular weight is 743 g/mol. The van der Waals surface area contributed by atoms with Crippen LogP contribution in [0.25, 0.3) is 93.6 Å². The van der Waals surface area contributed by atoms with E-state index in [1.165, 1.54) is 27.4 Å². The number of rotatable bonds is 6. The van der Waals surface area contributed by atoms with Crippen LogP contribution in [0.1, 0.15) is 0 Å². The molecule has 3 heterocycles. The summed E-state index contributed by atoms with van der Waals surface area (Å²) in [6.07, 6.45) is 0. The second kappa shape index (κ2) is 12.9. The third-order valence-electron chi connectivity index (χ3n) is 11.6. The molecule has 0 fully saturated rings. The van der Waals surface area contributed by atoms with Crippen molar-refractivity contribution in [3.8, 4) is 27.9 Å². The molecule has 3 aromatic heterocycles. The third-order valence-corrected chi connectivity index (χ3v) is 11.6.